The van der Waals surface area contributed by atoms with E-state index in [9.17, 15) is 9.59 Å². The Kier molecular flexibility index (Phi) is 4.71. The first-order chi connectivity index (χ1) is 11.2. The van der Waals surface area contributed by atoms with E-state index >= 15 is 0 Å². The third kappa shape index (κ3) is 3.77. The lowest BCUT2D eigenvalue weighted by Crippen LogP contribution is -2.32. The summed E-state index contributed by atoms with van der Waals surface area (Å²) in [5, 5.41) is 0. The monoisotopic (exact) mass is 309 g/mol. The molecule has 0 bridgehead atoms. The third-order valence-electron chi connectivity index (χ3n) is 3.97. The lowest BCUT2D eigenvalue weighted by atomic mass is 10.0. The van der Waals surface area contributed by atoms with Gasteiger partial charge in [0.2, 0.25) is 0 Å². The van der Waals surface area contributed by atoms with Crippen LogP contribution in [0, 0.1) is 0 Å². The molecule has 1 heterocycles. The molecule has 23 heavy (non-hydrogen) atoms. The van der Waals surface area contributed by atoms with E-state index < -0.39 is 0 Å². The normalized spacial score (nSPS) is 13.8. The van der Waals surface area contributed by atoms with E-state index in [1.54, 1.807) is 36.4 Å². The van der Waals surface area contributed by atoms with Crippen LogP contribution in [0.3, 0.4) is 0 Å². The smallest absolute Gasteiger partial charge is 0.260 e. The van der Waals surface area contributed by atoms with Crippen molar-refractivity contribution >= 4 is 11.7 Å². The zero-order valence-electron chi connectivity index (χ0n) is 12.9. The van der Waals surface area contributed by atoms with E-state index in [0.717, 1.165) is 25.9 Å². The summed E-state index contributed by atoms with van der Waals surface area (Å²) in [4.78, 5) is 26.0. The number of rotatable bonds is 5. The summed E-state index contributed by atoms with van der Waals surface area (Å²) in [6.07, 6.45) is 2.14. The Balaban J connectivity index is 1.59. The standard InChI is InChI=1S/C19H19NO3/c21-18(20-12-4-5-13-20)14-23-17-10-8-16(9-11-17)19(22)15-6-2-1-3-7-15/h1-3,6-11H,4-5,12-14H2. The number of benzene rings is 2. The third-order valence-corrected chi connectivity index (χ3v) is 3.97. The zero-order chi connectivity index (χ0) is 16.1. The Bertz CT molecular complexity index is 674. The van der Waals surface area contributed by atoms with Gasteiger partial charge < -0.3 is 9.64 Å². The highest BCUT2D eigenvalue weighted by atomic mass is 16.5. The van der Waals surface area contributed by atoms with Crippen molar-refractivity contribution in [2.24, 2.45) is 0 Å². The van der Waals surface area contributed by atoms with Crippen LogP contribution >= 0.6 is 0 Å². The first-order valence-corrected chi connectivity index (χ1v) is 7.84. The summed E-state index contributed by atoms with van der Waals surface area (Å²) in [7, 11) is 0. The van der Waals surface area contributed by atoms with Gasteiger partial charge in [0.1, 0.15) is 5.75 Å². The lowest BCUT2D eigenvalue weighted by molar-refractivity contribution is -0.132. The van der Waals surface area contributed by atoms with E-state index in [4.69, 9.17) is 4.74 Å². The molecule has 2 aromatic carbocycles. The molecule has 0 aliphatic carbocycles. The van der Waals surface area contributed by atoms with Crippen LogP contribution < -0.4 is 4.74 Å². The van der Waals surface area contributed by atoms with Crippen LogP contribution in [0.15, 0.2) is 54.6 Å². The van der Waals surface area contributed by atoms with Crippen LogP contribution in [0.25, 0.3) is 0 Å². The van der Waals surface area contributed by atoms with Crippen LogP contribution in [-0.2, 0) is 4.79 Å². The van der Waals surface area contributed by atoms with Gasteiger partial charge in [-0.15, -0.1) is 0 Å². The molecule has 1 aliphatic rings. The van der Waals surface area contributed by atoms with E-state index in [2.05, 4.69) is 0 Å². The van der Waals surface area contributed by atoms with Crippen LogP contribution in [-0.4, -0.2) is 36.3 Å². The van der Waals surface area contributed by atoms with Gasteiger partial charge in [-0.2, -0.15) is 0 Å². The fraction of sp³-hybridized carbons (Fsp3) is 0.263. The topological polar surface area (TPSA) is 46.6 Å². The van der Waals surface area contributed by atoms with Gasteiger partial charge in [0.25, 0.3) is 5.91 Å². The molecule has 1 amide bonds. The van der Waals surface area contributed by atoms with Crippen LogP contribution in [0.4, 0.5) is 0 Å². The molecule has 0 spiro atoms. The maximum atomic E-state index is 12.3. The zero-order valence-corrected chi connectivity index (χ0v) is 12.9. The summed E-state index contributed by atoms with van der Waals surface area (Å²) in [6, 6.07) is 16.1. The molecule has 4 heteroatoms. The van der Waals surface area contributed by atoms with Crippen molar-refractivity contribution in [2.45, 2.75) is 12.8 Å². The summed E-state index contributed by atoms with van der Waals surface area (Å²) < 4.78 is 5.52. The second-order valence-corrected chi connectivity index (χ2v) is 5.60. The summed E-state index contributed by atoms with van der Waals surface area (Å²) in [5.41, 5.74) is 1.26. The van der Waals surface area contributed by atoms with Crippen molar-refractivity contribution in [2.75, 3.05) is 19.7 Å². The van der Waals surface area contributed by atoms with E-state index in [1.807, 2.05) is 23.1 Å². The molecular formula is C19H19NO3. The van der Waals surface area contributed by atoms with Gasteiger partial charge in [0, 0.05) is 24.2 Å². The second-order valence-electron chi connectivity index (χ2n) is 5.60. The molecular weight excluding hydrogens is 290 g/mol. The molecule has 0 saturated carbocycles. The highest BCUT2D eigenvalue weighted by molar-refractivity contribution is 6.08. The Morgan fingerprint density at radius 1 is 0.870 bits per heavy atom. The SMILES string of the molecule is O=C(c1ccccc1)c1ccc(OCC(=O)N2CCCC2)cc1. The number of ketones is 1. The molecule has 0 aromatic heterocycles. The number of hydrogen-bond acceptors (Lipinski definition) is 3. The number of carbonyl (C=O) groups is 2. The number of amides is 1. The highest BCUT2D eigenvalue weighted by Gasteiger charge is 2.18. The van der Waals surface area contributed by atoms with Crippen molar-refractivity contribution in [1.29, 1.82) is 0 Å². The number of ether oxygens (including phenoxy) is 1. The van der Waals surface area contributed by atoms with Gasteiger partial charge >= 0.3 is 0 Å². The van der Waals surface area contributed by atoms with Crippen LogP contribution in [0.1, 0.15) is 28.8 Å². The Labute approximate surface area is 135 Å². The summed E-state index contributed by atoms with van der Waals surface area (Å²) in [5.74, 6) is 0.597. The lowest BCUT2D eigenvalue weighted by Gasteiger charge is -2.15. The predicted octanol–water partition coefficient (Wildman–Crippen LogP) is 2.92. The first kappa shape index (κ1) is 15.3. The van der Waals surface area contributed by atoms with Crippen molar-refractivity contribution in [1.82, 2.24) is 4.90 Å². The maximum absolute atomic E-state index is 12.3. The second kappa shape index (κ2) is 7.09. The minimum absolute atomic E-state index is 0.0203. The Hall–Kier alpha value is -2.62. The van der Waals surface area contributed by atoms with E-state index in [1.165, 1.54) is 0 Å². The molecule has 2 aromatic rings. The van der Waals surface area contributed by atoms with Crippen LogP contribution in [0.2, 0.25) is 0 Å². The molecule has 0 radical (unpaired) electrons. The minimum atomic E-state index is -0.0229. The molecule has 1 aliphatic heterocycles. The van der Waals surface area contributed by atoms with Gasteiger partial charge in [-0.1, -0.05) is 30.3 Å². The Morgan fingerprint density at radius 2 is 1.48 bits per heavy atom. The molecule has 3 rings (SSSR count). The average Bonchev–Trinajstić information content (AvgIpc) is 3.15. The Morgan fingerprint density at radius 3 is 2.13 bits per heavy atom. The van der Waals surface area contributed by atoms with E-state index in [-0.39, 0.29) is 18.3 Å². The van der Waals surface area contributed by atoms with Gasteiger partial charge in [-0.25, -0.2) is 0 Å². The summed E-state index contributed by atoms with van der Waals surface area (Å²) in [6.45, 7) is 1.70. The molecule has 0 atom stereocenters. The van der Waals surface area contributed by atoms with Crippen molar-refractivity contribution in [3.63, 3.8) is 0 Å². The quantitative estimate of drug-likeness (QED) is 0.798. The molecule has 1 fully saturated rings. The van der Waals surface area contributed by atoms with Gasteiger partial charge in [0.15, 0.2) is 12.4 Å². The average molecular weight is 309 g/mol. The van der Waals surface area contributed by atoms with Crippen molar-refractivity contribution < 1.29 is 14.3 Å². The first-order valence-electron chi connectivity index (χ1n) is 7.84. The molecule has 0 N–H and O–H groups in total. The molecule has 0 unspecified atom stereocenters. The fourth-order valence-corrected chi connectivity index (χ4v) is 2.66. The van der Waals surface area contributed by atoms with Gasteiger partial charge in [-0.3, -0.25) is 9.59 Å². The van der Waals surface area contributed by atoms with Crippen molar-refractivity contribution in [3.8, 4) is 5.75 Å². The minimum Gasteiger partial charge on any atom is -0.484 e. The summed E-state index contributed by atoms with van der Waals surface area (Å²) >= 11 is 0. The van der Waals surface area contributed by atoms with Gasteiger partial charge in [0.05, 0.1) is 0 Å². The molecule has 4 nitrogen and oxygen atoms in total. The van der Waals surface area contributed by atoms with Gasteiger partial charge in [-0.05, 0) is 37.1 Å². The number of likely N-dealkylation sites (tertiary alicyclic amines) is 1. The largest absolute Gasteiger partial charge is 0.484 e. The number of carbonyl (C=O) groups excluding carboxylic acids is 2. The molecule has 118 valence electrons. The number of hydrogen-bond donors (Lipinski definition) is 0. The number of nitrogens with zero attached hydrogens (tertiary/aromatic N) is 1. The molecule has 1 saturated heterocycles. The maximum Gasteiger partial charge on any atom is 0.260 e. The van der Waals surface area contributed by atoms with E-state index in [0.29, 0.717) is 16.9 Å². The van der Waals surface area contributed by atoms with Crippen molar-refractivity contribution in [3.05, 3.63) is 65.7 Å². The fourth-order valence-electron chi connectivity index (χ4n) is 2.66. The predicted molar refractivity (Wildman–Crippen MR) is 87.6 cm³/mol. The highest BCUT2D eigenvalue weighted by Crippen LogP contribution is 2.16. The van der Waals surface area contributed by atoms with Crippen LogP contribution in [0.5, 0.6) is 5.75 Å².